The van der Waals surface area contributed by atoms with E-state index < -0.39 is 11.7 Å². The second-order valence-electron chi connectivity index (χ2n) is 2.26. The lowest BCUT2D eigenvalue weighted by Crippen LogP contribution is -2.03. The maximum absolute atomic E-state index is 12.1. The predicted octanol–water partition coefficient (Wildman–Crippen LogP) is 3.95. The van der Waals surface area contributed by atoms with E-state index >= 15 is 0 Å². The molecule has 0 radical (unpaired) electrons. The van der Waals surface area contributed by atoms with Gasteiger partial charge in [0.15, 0.2) is 4.98 Å². The Morgan fingerprint density at radius 1 is 1.31 bits per heavy atom. The number of hydrogen-bond donors (Lipinski definition) is 0. The Morgan fingerprint density at radius 3 is 2.38 bits per heavy atom. The summed E-state index contributed by atoms with van der Waals surface area (Å²) in [4.78, 5) is 2.70. The number of diazo groups is 1. The largest absolute Gasteiger partial charge is 0.416 e. The summed E-state index contributed by atoms with van der Waals surface area (Å²) in [6, 6.07) is 2.83. The second kappa shape index (κ2) is 3.34. The van der Waals surface area contributed by atoms with Gasteiger partial charge < -0.3 is 0 Å². The maximum Gasteiger partial charge on any atom is 0.416 e. The van der Waals surface area contributed by atoms with Crippen LogP contribution in [0.1, 0.15) is 5.56 Å². The zero-order chi connectivity index (χ0) is 10.1. The van der Waals surface area contributed by atoms with Crippen LogP contribution in [0.5, 0.6) is 0 Å². The molecule has 0 aliphatic carbocycles. The molecule has 0 heterocycles. The number of nitrogens with zero attached hydrogens (tertiary/aromatic N) is 2. The van der Waals surface area contributed by atoms with Gasteiger partial charge in [-0.1, -0.05) is 0 Å². The highest BCUT2D eigenvalue weighted by molar-refractivity contribution is 9.10. The highest BCUT2D eigenvalue weighted by Crippen LogP contribution is 2.34. The van der Waals surface area contributed by atoms with E-state index in [0.717, 1.165) is 12.1 Å². The van der Waals surface area contributed by atoms with Crippen molar-refractivity contribution in [1.82, 2.24) is 0 Å². The molecular weight excluding hydrogens is 249 g/mol. The maximum atomic E-state index is 12.1. The van der Waals surface area contributed by atoms with Gasteiger partial charge in [-0.25, -0.2) is 0 Å². The summed E-state index contributed by atoms with van der Waals surface area (Å²) < 4.78 is 36.6. The summed E-state index contributed by atoms with van der Waals surface area (Å²) in [5.74, 6) is 0. The van der Waals surface area contributed by atoms with Crippen molar-refractivity contribution in [2.45, 2.75) is 6.18 Å². The van der Waals surface area contributed by atoms with Crippen LogP contribution in [0.2, 0.25) is 0 Å². The zero-order valence-corrected chi connectivity index (χ0v) is 7.72. The number of hydrogen-bond acceptors (Lipinski definition) is 1. The van der Waals surface area contributed by atoms with Crippen LogP contribution in [0, 0.1) is 5.39 Å². The first-order valence-corrected chi connectivity index (χ1v) is 3.96. The summed E-state index contributed by atoms with van der Waals surface area (Å²) in [5, 5.41) is 8.34. The summed E-state index contributed by atoms with van der Waals surface area (Å²) in [6.07, 6.45) is -4.42. The van der Waals surface area contributed by atoms with Crippen LogP contribution in [-0.4, -0.2) is 0 Å². The van der Waals surface area contributed by atoms with Crippen molar-refractivity contribution in [3.63, 3.8) is 0 Å². The van der Waals surface area contributed by atoms with Crippen LogP contribution in [0.3, 0.4) is 0 Å². The van der Waals surface area contributed by atoms with Gasteiger partial charge in [-0.15, -0.1) is 0 Å². The molecule has 2 nitrogen and oxygen atoms in total. The van der Waals surface area contributed by atoms with Crippen LogP contribution in [0.4, 0.5) is 18.9 Å². The van der Waals surface area contributed by atoms with Crippen LogP contribution < -0.4 is 0 Å². The SMILES string of the molecule is N#[N+]c1cc(C(F)(F)F)ccc1Br. The lowest BCUT2D eigenvalue weighted by molar-refractivity contribution is -0.137. The van der Waals surface area contributed by atoms with Crippen LogP contribution in [0.25, 0.3) is 4.98 Å². The highest BCUT2D eigenvalue weighted by atomic mass is 79.9. The topological polar surface area (TPSA) is 28.1 Å². The summed E-state index contributed by atoms with van der Waals surface area (Å²) in [6.45, 7) is 0. The van der Waals surface area contributed by atoms with E-state index in [1.807, 2.05) is 0 Å². The number of benzene rings is 1. The molecule has 0 spiro atoms. The smallest absolute Gasteiger partial charge is 0.166 e. The highest BCUT2D eigenvalue weighted by Gasteiger charge is 2.32. The molecule has 13 heavy (non-hydrogen) atoms. The minimum Gasteiger partial charge on any atom is -0.166 e. The van der Waals surface area contributed by atoms with Crippen molar-refractivity contribution in [3.05, 3.63) is 33.2 Å². The Hall–Kier alpha value is -1.09. The molecule has 0 bridgehead atoms. The van der Waals surface area contributed by atoms with Gasteiger partial charge in [0.2, 0.25) is 5.39 Å². The fourth-order valence-electron chi connectivity index (χ4n) is 0.766. The quantitative estimate of drug-likeness (QED) is 0.642. The Kier molecular flexibility index (Phi) is 2.57. The summed E-state index contributed by atoms with van der Waals surface area (Å²) >= 11 is 2.94. The molecule has 0 amide bonds. The first kappa shape index (κ1) is 9.99. The first-order chi connectivity index (χ1) is 5.95. The summed E-state index contributed by atoms with van der Waals surface area (Å²) in [7, 11) is 0. The van der Waals surface area contributed by atoms with Crippen LogP contribution >= 0.6 is 15.9 Å². The molecule has 6 heteroatoms. The standard InChI is InChI=1S/C7H3BrF3N2/c8-5-2-1-4(7(9,10)11)3-6(5)13-12/h1-3H/q+1. The molecule has 1 aromatic carbocycles. The van der Waals surface area contributed by atoms with E-state index in [1.165, 1.54) is 6.07 Å². The fraction of sp³-hybridized carbons (Fsp3) is 0.143. The zero-order valence-electron chi connectivity index (χ0n) is 6.14. The van der Waals surface area contributed by atoms with Crippen molar-refractivity contribution in [2.75, 3.05) is 0 Å². The molecule has 1 rings (SSSR count). The molecule has 0 aromatic heterocycles. The Labute approximate surface area is 80.1 Å². The minimum absolute atomic E-state index is 0.144. The Balaban J connectivity index is 3.24. The Bertz CT molecular complexity index is 367. The van der Waals surface area contributed by atoms with Crippen LogP contribution in [-0.2, 0) is 6.18 Å². The van der Waals surface area contributed by atoms with E-state index in [9.17, 15) is 13.2 Å². The molecule has 68 valence electrons. The molecule has 0 aliphatic heterocycles. The van der Waals surface area contributed by atoms with Crippen molar-refractivity contribution in [1.29, 1.82) is 5.39 Å². The van der Waals surface area contributed by atoms with E-state index in [-0.39, 0.29) is 5.69 Å². The first-order valence-electron chi connectivity index (χ1n) is 3.17. The van der Waals surface area contributed by atoms with Gasteiger partial charge in [-0.05, 0) is 28.1 Å². The van der Waals surface area contributed by atoms with E-state index in [1.54, 1.807) is 0 Å². The summed E-state index contributed by atoms with van der Waals surface area (Å²) in [5.41, 5.74) is -0.988. The van der Waals surface area contributed by atoms with E-state index in [2.05, 4.69) is 20.9 Å². The lowest BCUT2D eigenvalue weighted by Gasteiger charge is -2.03. The molecule has 0 saturated heterocycles. The van der Waals surface area contributed by atoms with Gasteiger partial charge in [0.1, 0.15) is 4.47 Å². The molecule has 0 N–H and O–H groups in total. The van der Waals surface area contributed by atoms with Gasteiger partial charge >= 0.3 is 11.9 Å². The van der Waals surface area contributed by atoms with E-state index in [0.29, 0.717) is 4.47 Å². The van der Waals surface area contributed by atoms with Crippen molar-refractivity contribution < 1.29 is 13.2 Å². The number of alkyl halides is 3. The second-order valence-corrected chi connectivity index (χ2v) is 3.12. The average Bonchev–Trinajstić information content (AvgIpc) is 2.03. The van der Waals surface area contributed by atoms with Crippen molar-refractivity contribution >= 4 is 21.6 Å². The number of halogens is 4. The van der Waals surface area contributed by atoms with Gasteiger partial charge in [-0.3, -0.25) is 0 Å². The molecule has 1 aromatic rings. The van der Waals surface area contributed by atoms with Crippen molar-refractivity contribution in [2.24, 2.45) is 0 Å². The minimum atomic E-state index is -4.42. The molecule has 0 saturated carbocycles. The normalized spacial score (nSPS) is 11.0. The monoisotopic (exact) mass is 251 g/mol. The molecular formula is C7H3BrF3N2+. The van der Waals surface area contributed by atoms with Gasteiger partial charge in [-0.2, -0.15) is 13.2 Å². The third kappa shape index (κ3) is 2.18. The lowest BCUT2D eigenvalue weighted by atomic mass is 10.2. The third-order valence-electron chi connectivity index (χ3n) is 1.38. The fourth-order valence-corrected chi connectivity index (χ4v) is 1.09. The molecule has 0 fully saturated rings. The van der Waals surface area contributed by atoms with Crippen LogP contribution in [0.15, 0.2) is 22.7 Å². The van der Waals surface area contributed by atoms with Gasteiger partial charge in [0, 0.05) is 6.07 Å². The Morgan fingerprint density at radius 2 is 1.92 bits per heavy atom. The van der Waals surface area contributed by atoms with Gasteiger partial charge in [0.25, 0.3) is 0 Å². The van der Waals surface area contributed by atoms with Gasteiger partial charge in [0.05, 0.1) is 5.56 Å². The molecule has 0 unspecified atom stereocenters. The third-order valence-corrected chi connectivity index (χ3v) is 2.05. The predicted molar refractivity (Wildman–Crippen MR) is 43.9 cm³/mol. The van der Waals surface area contributed by atoms with E-state index in [4.69, 9.17) is 5.39 Å². The van der Waals surface area contributed by atoms with Crippen molar-refractivity contribution in [3.8, 4) is 0 Å². The number of rotatable bonds is 0. The molecule has 0 atom stereocenters. The molecule has 0 aliphatic rings. The average molecular weight is 252 g/mol.